The second kappa shape index (κ2) is 5.97. The molecule has 133 valence electrons. The second-order valence-electron chi connectivity index (χ2n) is 7.82. The maximum absolute atomic E-state index is 6.19. The molecule has 1 fully saturated rings. The van der Waals surface area contributed by atoms with Gasteiger partial charge >= 0.3 is 7.12 Å². The average Bonchev–Trinajstić information content (AvgIpc) is 3.08. The van der Waals surface area contributed by atoms with Gasteiger partial charge in [0.15, 0.2) is 0 Å². The molecule has 0 unspecified atom stereocenters. The van der Waals surface area contributed by atoms with Crippen molar-refractivity contribution >= 4 is 23.6 Å². The summed E-state index contributed by atoms with van der Waals surface area (Å²) in [7, 11) is -0.371. The molecule has 1 aliphatic rings. The van der Waals surface area contributed by atoms with Gasteiger partial charge in [-0.3, -0.25) is 4.57 Å². The number of rotatable bonds is 3. The maximum Gasteiger partial charge on any atom is 0.494 e. The largest absolute Gasteiger partial charge is 0.494 e. The summed E-state index contributed by atoms with van der Waals surface area (Å²) in [5, 5.41) is 0. The summed E-state index contributed by atoms with van der Waals surface area (Å²) < 4.78 is 14.6. The lowest BCUT2D eigenvalue weighted by atomic mass is 9.79. The molecule has 1 radical (unpaired) electrons. The molecule has 2 heterocycles. The summed E-state index contributed by atoms with van der Waals surface area (Å²) in [5.74, 6) is 1.03. The SMILES string of the molecule is CCc1nc2cc(B3OC(C)(C)C(C)(C)O3)ccc2n1-c1c[c]ccc1. The standard InChI is InChI=1S/C21H24BN2O2/c1-6-19-23-17-14-15(22-25-20(2,3)21(4,5)26-22)12-13-18(17)24(19)16-10-8-7-9-11-16/h7-8,10-14H,6H2,1-5H3. The molecule has 4 rings (SSSR count). The highest BCUT2D eigenvalue weighted by Crippen LogP contribution is 2.36. The molecule has 5 heteroatoms. The zero-order valence-electron chi connectivity index (χ0n) is 16.0. The van der Waals surface area contributed by atoms with E-state index in [1.54, 1.807) is 0 Å². The summed E-state index contributed by atoms with van der Waals surface area (Å²) >= 11 is 0. The topological polar surface area (TPSA) is 36.3 Å². The minimum absolute atomic E-state index is 0.347. The van der Waals surface area contributed by atoms with E-state index in [9.17, 15) is 0 Å². The molecule has 0 amide bonds. The van der Waals surface area contributed by atoms with Gasteiger partial charge in [0.25, 0.3) is 0 Å². The van der Waals surface area contributed by atoms with Crippen molar-refractivity contribution in [2.24, 2.45) is 0 Å². The number of imidazole rings is 1. The van der Waals surface area contributed by atoms with Crippen molar-refractivity contribution in [2.45, 2.75) is 52.2 Å². The van der Waals surface area contributed by atoms with E-state index in [1.807, 2.05) is 18.2 Å². The lowest BCUT2D eigenvalue weighted by Crippen LogP contribution is -2.41. The molecule has 0 spiro atoms. The first-order valence-electron chi connectivity index (χ1n) is 9.16. The minimum Gasteiger partial charge on any atom is -0.399 e. The van der Waals surface area contributed by atoms with Gasteiger partial charge in [0.05, 0.1) is 22.2 Å². The van der Waals surface area contributed by atoms with E-state index in [2.05, 4.69) is 69.5 Å². The third-order valence-corrected chi connectivity index (χ3v) is 5.54. The van der Waals surface area contributed by atoms with Crippen LogP contribution < -0.4 is 5.46 Å². The molecule has 0 atom stereocenters. The number of aryl methyl sites for hydroxylation is 1. The Morgan fingerprint density at radius 2 is 1.85 bits per heavy atom. The fraction of sp³-hybridized carbons (Fsp3) is 0.381. The summed E-state index contributed by atoms with van der Waals surface area (Å²) in [5.41, 5.74) is 3.43. The van der Waals surface area contributed by atoms with Crippen LogP contribution in [0.5, 0.6) is 0 Å². The maximum atomic E-state index is 6.19. The normalized spacial score (nSPS) is 18.6. The number of benzene rings is 2. The van der Waals surface area contributed by atoms with Crippen LogP contribution in [0.25, 0.3) is 16.7 Å². The highest BCUT2D eigenvalue weighted by molar-refractivity contribution is 6.62. The van der Waals surface area contributed by atoms with Crippen LogP contribution in [0.1, 0.15) is 40.4 Å². The van der Waals surface area contributed by atoms with Crippen LogP contribution in [0.2, 0.25) is 0 Å². The van der Waals surface area contributed by atoms with Crippen molar-refractivity contribution in [2.75, 3.05) is 0 Å². The van der Waals surface area contributed by atoms with Crippen LogP contribution in [0, 0.1) is 6.07 Å². The van der Waals surface area contributed by atoms with Gasteiger partial charge < -0.3 is 9.31 Å². The molecule has 1 saturated heterocycles. The minimum atomic E-state index is -0.371. The smallest absolute Gasteiger partial charge is 0.399 e. The van der Waals surface area contributed by atoms with E-state index in [0.29, 0.717) is 0 Å². The summed E-state index contributed by atoms with van der Waals surface area (Å²) in [6, 6.07) is 17.4. The highest BCUT2D eigenvalue weighted by atomic mass is 16.7. The van der Waals surface area contributed by atoms with Gasteiger partial charge in [0, 0.05) is 12.1 Å². The molecule has 2 aromatic carbocycles. The first kappa shape index (κ1) is 17.3. The van der Waals surface area contributed by atoms with Crippen LogP contribution in [0.3, 0.4) is 0 Å². The quantitative estimate of drug-likeness (QED) is 0.678. The Morgan fingerprint density at radius 3 is 2.46 bits per heavy atom. The lowest BCUT2D eigenvalue weighted by Gasteiger charge is -2.32. The zero-order valence-corrected chi connectivity index (χ0v) is 16.0. The Labute approximate surface area is 155 Å². The molecule has 1 aromatic heterocycles. The van der Waals surface area contributed by atoms with Gasteiger partial charge in [0.1, 0.15) is 5.82 Å². The Kier molecular flexibility index (Phi) is 3.97. The van der Waals surface area contributed by atoms with Gasteiger partial charge in [0.2, 0.25) is 0 Å². The molecule has 0 N–H and O–H groups in total. The van der Waals surface area contributed by atoms with E-state index >= 15 is 0 Å². The van der Waals surface area contributed by atoms with Gasteiger partial charge in [-0.05, 0) is 63.5 Å². The van der Waals surface area contributed by atoms with E-state index in [4.69, 9.17) is 14.3 Å². The first-order valence-corrected chi connectivity index (χ1v) is 9.16. The molecule has 4 nitrogen and oxygen atoms in total. The van der Waals surface area contributed by atoms with Crippen molar-refractivity contribution in [1.82, 2.24) is 9.55 Å². The molecule has 0 saturated carbocycles. The molecule has 0 aliphatic carbocycles. The van der Waals surface area contributed by atoms with Crippen molar-refractivity contribution in [1.29, 1.82) is 0 Å². The van der Waals surface area contributed by atoms with Crippen LogP contribution in [-0.4, -0.2) is 27.9 Å². The molecule has 26 heavy (non-hydrogen) atoms. The Hall–Kier alpha value is -2.11. The number of nitrogens with zero attached hydrogens (tertiary/aromatic N) is 2. The molecule has 3 aromatic rings. The lowest BCUT2D eigenvalue weighted by molar-refractivity contribution is 0.00578. The van der Waals surface area contributed by atoms with E-state index < -0.39 is 0 Å². The molecule has 1 aliphatic heterocycles. The predicted molar refractivity (Wildman–Crippen MR) is 105 cm³/mol. The molecular weight excluding hydrogens is 323 g/mol. The van der Waals surface area contributed by atoms with Crippen molar-refractivity contribution < 1.29 is 9.31 Å². The fourth-order valence-corrected chi connectivity index (χ4v) is 3.32. The number of hydrogen-bond acceptors (Lipinski definition) is 3. The van der Waals surface area contributed by atoms with Gasteiger partial charge in [-0.2, -0.15) is 0 Å². The summed E-state index contributed by atoms with van der Waals surface area (Å²) in [4.78, 5) is 4.85. The van der Waals surface area contributed by atoms with E-state index in [1.165, 1.54) is 0 Å². The highest BCUT2D eigenvalue weighted by Gasteiger charge is 2.51. The number of aromatic nitrogens is 2. The summed E-state index contributed by atoms with van der Waals surface area (Å²) in [6.45, 7) is 10.4. The van der Waals surface area contributed by atoms with Gasteiger partial charge in [-0.25, -0.2) is 4.98 Å². The average molecular weight is 347 g/mol. The third-order valence-electron chi connectivity index (χ3n) is 5.54. The van der Waals surface area contributed by atoms with Crippen LogP contribution in [-0.2, 0) is 15.7 Å². The number of hydrogen-bond donors (Lipinski definition) is 0. The van der Waals surface area contributed by atoms with E-state index in [-0.39, 0.29) is 18.3 Å². The molecule has 0 bridgehead atoms. The molecular formula is C21H24BN2O2. The Bertz CT molecular complexity index is 931. The van der Waals surface area contributed by atoms with Crippen LogP contribution in [0.15, 0.2) is 42.5 Å². The third kappa shape index (κ3) is 2.66. The van der Waals surface area contributed by atoms with Crippen molar-refractivity contribution in [3.8, 4) is 5.69 Å². The zero-order chi connectivity index (χ0) is 18.5. The predicted octanol–water partition coefficient (Wildman–Crippen LogP) is 3.69. The second-order valence-corrected chi connectivity index (χ2v) is 7.82. The van der Waals surface area contributed by atoms with Crippen LogP contribution in [0.4, 0.5) is 0 Å². The van der Waals surface area contributed by atoms with Crippen molar-refractivity contribution in [3.63, 3.8) is 0 Å². The van der Waals surface area contributed by atoms with E-state index in [0.717, 1.165) is 34.4 Å². The Balaban J connectivity index is 1.78. The van der Waals surface area contributed by atoms with Crippen LogP contribution >= 0.6 is 0 Å². The fourth-order valence-electron chi connectivity index (χ4n) is 3.32. The van der Waals surface area contributed by atoms with Gasteiger partial charge in [-0.15, -0.1) is 0 Å². The van der Waals surface area contributed by atoms with Crippen molar-refractivity contribution in [3.05, 3.63) is 54.4 Å². The first-order chi connectivity index (χ1) is 12.3. The number of fused-ring (bicyclic) bond motifs is 1. The monoisotopic (exact) mass is 347 g/mol. The summed E-state index contributed by atoms with van der Waals surface area (Å²) in [6.07, 6.45) is 0.857. The van der Waals surface area contributed by atoms with Gasteiger partial charge in [-0.1, -0.05) is 25.1 Å². The Morgan fingerprint density at radius 1 is 1.12 bits per heavy atom.